The molecule has 1 heterocycles. The van der Waals surface area contributed by atoms with E-state index in [4.69, 9.17) is 0 Å². The van der Waals surface area contributed by atoms with Crippen LogP contribution in [0.5, 0.6) is 0 Å². The summed E-state index contributed by atoms with van der Waals surface area (Å²) in [6.07, 6.45) is -3.55. The van der Waals surface area contributed by atoms with Gasteiger partial charge in [-0.2, -0.15) is 13.2 Å². The van der Waals surface area contributed by atoms with E-state index in [0.29, 0.717) is 17.2 Å². The third-order valence-electron chi connectivity index (χ3n) is 4.89. The summed E-state index contributed by atoms with van der Waals surface area (Å²) in [5.74, 6) is -0.0351. The summed E-state index contributed by atoms with van der Waals surface area (Å²) in [7, 11) is 0. The van der Waals surface area contributed by atoms with Gasteiger partial charge in [0.05, 0.1) is 5.56 Å². The molecule has 0 aromatic heterocycles. The molecule has 0 radical (unpaired) electrons. The second-order valence-corrected chi connectivity index (χ2v) is 6.64. The molecule has 2 atom stereocenters. The molecular formula is C19H19F3N2. The van der Waals surface area contributed by atoms with E-state index >= 15 is 0 Å². The Morgan fingerprint density at radius 2 is 1.71 bits per heavy atom. The van der Waals surface area contributed by atoms with E-state index in [9.17, 15) is 13.2 Å². The lowest BCUT2D eigenvalue weighted by Crippen LogP contribution is -2.56. The highest BCUT2D eigenvalue weighted by Crippen LogP contribution is 2.47. The smallest absolute Gasteiger partial charge is 0.314 e. The number of rotatable bonds is 4. The van der Waals surface area contributed by atoms with Crippen molar-refractivity contribution in [3.8, 4) is 11.1 Å². The van der Waals surface area contributed by atoms with Gasteiger partial charge in [0, 0.05) is 31.1 Å². The Kier molecular flexibility index (Phi) is 3.85. The molecule has 126 valence electrons. The Labute approximate surface area is 139 Å². The topological polar surface area (TPSA) is 24.1 Å². The third-order valence-corrected chi connectivity index (χ3v) is 4.89. The molecule has 0 bridgehead atoms. The van der Waals surface area contributed by atoms with Crippen molar-refractivity contribution >= 4 is 0 Å². The summed E-state index contributed by atoms with van der Waals surface area (Å²) < 4.78 is 40.7. The maximum atomic E-state index is 13.6. The highest BCUT2D eigenvalue weighted by atomic mass is 19.4. The van der Waals surface area contributed by atoms with Crippen LogP contribution in [-0.4, -0.2) is 25.2 Å². The van der Waals surface area contributed by atoms with Gasteiger partial charge in [-0.1, -0.05) is 42.5 Å². The molecular weight excluding hydrogens is 313 g/mol. The molecule has 4 rings (SSSR count). The fourth-order valence-electron chi connectivity index (χ4n) is 3.37. The Balaban J connectivity index is 1.62. The molecule has 2 aromatic carbocycles. The molecule has 1 aliphatic carbocycles. The van der Waals surface area contributed by atoms with Crippen molar-refractivity contribution in [3.05, 3.63) is 59.7 Å². The van der Waals surface area contributed by atoms with Crippen molar-refractivity contribution in [2.75, 3.05) is 13.1 Å². The Morgan fingerprint density at radius 3 is 2.33 bits per heavy atom. The maximum Gasteiger partial charge on any atom is 0.416 e. The minimum absolute atomic E-state index is 0.0351. The van der Waals surface area contributed by atoms with Crippen LogP contribution in [0.1, 0.15) is 23.5 Å². The van der Waals surface area contributed by atoms with Gasteiger partial charge in [0.1, 0.15) is 0 Å². The van der Waals surface area contributed by atoms with Crippen molar-refractivity contribution in [2.45, 2.75) is 30.6 Å². The highest BCUT2D eigenvalue weighted by Gasteiger charge is 2.45. The van der Waals surface area contributed by atoms with E-state index < -0.39 is 11.7 Å². The molecule has 0 amide bonds. The zero-order chi connectivity index (χ0) is 16.7. The van der Waals surface area contributed by atoms with Crippen molar-refractivity contribution < 1.29 is 13.2 Å². The molecule has 1 aliphatic heterocycles. The molecule has 1 saturated carbocycles. The molecule has 2 aliphatic rings. The molecule has 1 saturated heterocycles. The van der Waals surface area contributed by atoms with Crippen LogP contribution in [0, 0.1) is 0 Å². The third kappa shape index (κ3) is 3.06. The molecule has 2 aromatic rings. The van der Waals surface area contributed by atoms with Gasteiger partial charge in [0.2, 0.25) is 0 Å². The van der Waals surface area contributed by atoms with E-state index in [1.807, 2.05) is 30.3 Å². The van der Waals surface area contributed by atoms with Crippen molar-refractivity contribution in [2.24, 2.45) is 0 Å². The largest absolute Gasteiger partial charge is 0.416 e. The fraction of sp³-hybridized carbons (Fsp3) is 0.368. The molecule has 2 fully saturated rings. The standard InChI is InChI=1S/C19H19F3N2/c20-19(21,22)17-8-13(12-4-2-1-3-5-12)6-7-15(17)16-9-18(16)24-14-10-23-11-14/h1-8,14,16,18,23-24H,9-11H2/t16-,18+/m0/s1. The van der Waals surface area contributed by atoms with Gasteiger partial charge in [0.25, 0.3) is 0 Å². The molecule has 0 unspecified atom stereocenters. The second kappa shape index (κ2) is 5.90. The quantitative estimate of drug-likeness (QED) is 0.890. The minimum atomic E-state index is -4.33. The van der Waals surface area contributed by atoms with Gasteiger partial charge < -0.3 is 10.6 Å². The summed E-state index contributed by atoms with van der Waals surface area (Å²) in [5.41, 5.74) is 1.34. The maximum absolute atomic E-state index is 13.6. The van der Waals surface area contributed by atoms with Gasteiger partial charge in [0.15, 0.2) is 0 Å². The number of alkyl halides is 3. The summed E-state index contributed by atoms with van der Waals surface area (Å²) in [5, 5.41) is 6.60. The fourth-order valence-corrected chi connectivity index (χ4v) is 3.37. The van der Waals surface area contributed by atoms with Gasteiger partial charge in [-0.25, -0.2) is 0 Å². The lowest BCUT2D eigenvalue weighted by Gasteiger charge is -2.28. The molecule has 0 spiro atoms. The summed E-state index contributed by atoms with van der Waals surface area (Å²) >= 11 is 0. The van der Waals surface area contributed by atoms with Crippen LogP contribution >= 0.6 is 0 Å². The molecule has 5 heteroatoms. The van der Waals surface area contributed by atoms with Crippen LogP contribution in [0.15, 0.2) is 48.5 Å². The summed E-state index contributed by atoms with van der Waals surface area (Å²) in [4.78, 5) is 0. The number of hydrogen-bond donors (Lipinski definition) is 2. The zero-order valence-electron chi connectivity index (χ0n) is 13.1. The lowest BCUT2D eigenvalue weighted by molar-refractivity contribution is -0.138. The van der Waals surface area contributed by atoms with Gasteiger partial charge in [-0.05, 0) is 29.2 Å². The first-order valence-electron chi connectivity index (χ1n) is 8.26. The average molecular weight is 332 g/mol. The average Bonchev–Trinajstić information content (AvgIpc) is 3.30. The van der Waals surface area contributed by atoms with Crippen molar-refractivity contribution in [1.82, 2.24) is 10.6 Å². The minimum Gasteiger partial charge on any atom is -0.314 e. The number of halogens is 3. The number of nitrogens with one attached hydrogen (secondary N) is 2. The molecule has 24 heavy (non-hydrogen) atoms. The monoisotopic (exact) mass is 332 g/mol. The predicted octanol–water partition coefficient (Wildman–Crippen LogP) is 3.79. The van der Waals surface area contributed by atoms with Crippen LogP contribution in [0.4, 0.5) is 13.2 Å². The van der Waals surface area contributed by atoms with E-state index in [0.717, 1.165) is 25.1 Å². The van der Waals surface area contributed by atoms with Crippen LogP contribution in [0.25, 0.3) is 11.1 Å². The van der Waals surface area contributed by atoms with E-state index in [-0.39, 0.29) is 12.0 Å². The normalized spacial score (nSPS) is 23.8. The van der Waals surface area contributed by atoms with E-state index in [1.165, 1.54) is 6.07 Å². The second-order valence-electron chi connectivity index (χ2n) is 6.64. The summed E-state index contributed by atoms with van der Waals surface area (Å²) in [6.45, 7) is 1.81. The first-order chi connectivity index (χ1) is 11.5. The zero-order valence-corrected chi connectivity index (χ0v) is 13.1. The van der Waals surface area contributed by atoms with Crippen LogP contribution in [0.3, 0.4) is 0 Å². The number of benzene rings is 2. The van der Waals surface area contributed by atoms with Crippen LogP contribution in [0.2, 0.25) is 0 Å². The predicted molar refractivity (Wildman–Crippen MR) is 87.8 cm³/mol. The van der Waals surface area contributed by atoms with Gasteiger partial charge in [-0.3, -0.25) is 0 Å². The Bertz CT molecular complexity index is 723. The first-order valence-corrected chi connectivity index (χ1v) is 8.26. The Hall–Kier alpha value is -1.85. The van der Waals surface area contributed by atoms with Crippen LogP contribution in [-0.2, 0) is 6.18 Å². The van der Waals surface area contributed by atoms with Crippen molar-refractivity contribution in [3.63, 3.8) is 0 Å². The van der Waals surface area contributed by atoms with Crippen LogP contribution < -0.4 is 10.6 Å². The Morgan fingerprint density at radius 1 is 0.958 bits per heavy atom. The lowest BCUT2D eigenvalue weighted by atomic mass is 9.96. The number of hydrogen-bond acceptors (Lipinski definition) is 2. The van der Waals surface area contributed by atoms with Gasteiger partial charge >= 0.3 is 6.18 Å². The SMILES string of the molecule is FC(F)(F)c1cc(-c2ccccc2)ccc1[C@@H]1C[C@H]1NC1CNC1. The summed E-state index contributed by atoms with van der Waals surface area (Å²) in [6, 6.07) is 14.5. The molecule has 2 N–H and O–H groups in total. The first kappa shape index (κ1) is 15.7. The van der Waals surface area contributed by atoms with Crippen molar-refractivity contribution in [1.29, 1.82) is 0 Å². The van der Waals surface area contributed by atoms with Gasteiger partial charge in [-0.15, -0.1) is 0 Å². The van der Waals surface area contributed by atoms with E-state index in [2.05, 4.69) is 10.6 Å². The van der Waals surface area contributed by atoms with E-state index in [1.54, 1.807) is 12.1 Å². The molecule has 2 nitrogen and oxygen atoms in total. The highest BCUT2D eigenvalue weighted by molar-refractivity contribution is 5.65.